The van der Waals surface area contributed by atoms with E-state index in [1.807, 2.05) is 0 Å². The average molecular weight is 319 g/mol. The van der Waals surface area contributed by atoms with Gasteiger partial charge < -0.3 is 14.2 Å². The average Bonchev–Trinajstić information content (AvgIpc) is 2.73. The summed E-state index contributed by atoms with van der Waals surface area (Å²) >= 11 is 11.9. The molecule has 2 rings (SSSR count). The van der Waals surface area contributed by atoms with Gasteiger partial charge in [0.2, 0.25) is 0 Å². The number of hydrogen-bond acceptors (Lipinski definition) is 3. The summed E-state index contributed by atoms with van der Waals surface area (Å²) < 4.78 is 6.29. The van der Waals surface area contributed by atoms with Gasteiger partial charge in [0.05, 0.1) is 18.1 Å². The van der Waals surface area contributed by atoms with Crippen LogP contribution in [-0.2, 0) is 16.6 Å². The molecule has 1 aromatic heterocycles. The molecule has 1 aromatic rings. The number of rotatable bonds is 2. The van der Waals surface area contributed by atoms with Crippen molar-refractivity contribution in [2.75, 3.05) is 20.2 Å². The largest absolute Gasteiger partial charge is 0.469 e. The van der Waals surface area contributed by atoms with Crippen LogP contribution >= 0.6 is 23.2 Å². The Labute approximate surface area is 127 Å². The van der Waals surface area contributed by atoms with Crippen LogP contribution in [0.5, 0.6) is 0 Å². The molecule has 1 aliphatic heterocycles. The minimum atomic E-state index is -0.206. The molecule has 0 aromatic carbocycles. The van der Waals surface area contributed by atoms with Crippen molar-refractivity contribution in [2.45, 2.75) is 12.8 Å². The zero-order valence-corrected chi connectivity index (χ0v) is 12.9. The number of esters is 1. The van der Waals surface area contributed by atoms with E-state index in [-0.39, 0.29) is 17.8 Å². The van der Waals surface area contributed by atoms with E-state index in [2.05, 4.69) is 0 Å². The second-order valence-electron chi connectivity index (χ2n) is 4.82. The van der Waals surface area contributed by atoms with Gasteiger partial charge in [-0.3, -0.25) is 9.59 Å². The predicted molar refractivity (Wildman–Crippen MR) is 76.1 cm³/mol. The van der Waals surface area contributed by atoms with E-state index in [9.17, 15) is 9.59 Å². The molecular weight excluding hydrogens is 303 g/mol. The molecule has 0 aliphatic carbocycles. The van der Waals surface area contributed by atoms with Crippen LogP contribution in [-0.4, -0.2) is 41.5 Å². The SMILES string of the molecule is COC(=O)C1CCN(C(=O)c2cc(Cl)c(Cl)n2C)CC1. The van der Waals surface area contributed by atoms with Crippen molar-refractivity contribution in [1.29, 1.82) is 0 Å². The summed E-state index contributed by atoms with van der Waals surface area (Å²) in [5.41, 5.74) is 0.455. The molecule has 20 heavy (non-hydrogen) atoms. The van der Waals surface area contributed by atoms with E-state index in [0.717, 1.165) is 0 Å². The molecule has 0 radical (unpaired) electrons. The minimum absolute atomic E-state index is 0.121. The number of likely N-dealkylation sites (tertiary alicyclic amines) is 1. The summed E-state index contributed by atoms with van der Waals surface area (Å²) in [6, 6.07) is 1.57. The second kappa shape index (κ2) is 6.06. The highest BCUT2D eigenvalue weighted by molar-refractivity contribution is 6.41. The van der Waals surface area contributed by atoms with E-state index in [1.165, 1.54) is 7.11 Å². The van der Waals surface area contributed by atoms with Gasteiger partial charge in [0.25, 0.3) is 5.91 Å². The Bertz CT molecular complexity index is 534. The van der Waals surface area contributed by atoms with Gasteiger partial charge in [-0.25, -0.2) is 0 Å². The lowest BCUT2D eigenvalue weighted by atomic mass is 9.97. The first-order valence-electron chi connectivity index (χ1n) is 6.33. The molecule has 0 N–H and O–H groups in total. The Morgan fingerprint density at radius 2 is 1.90 bits per heavy atom. The highest BCUT2D eigenvalue weighted by Gasteiger charge is 2.29. The van der Waals surface area contributed by atoms with E-state index in [1.54, 1.807) is 22.6 Å². The van der Waals surface area contributed by atoms with Gasteiger partial charge in [-0.15, -0.1) is 0 Å². The van der Waals surface area contributed by atoms with E-state index >= 15 is 0 Å². The molecule has 110 valence electrons. The number of aromatic nitrogens is 1. The van der Waals surface area contributed by atoms with Crippen LogP contribution in [0, 0.1) is 5.92 Å². The van der Waals surface area contributed by atoms with Crippen LogP contribution in [0.1, 0.15) is 23.3 Å². The maximum Gasteiger partial charge on any atom is 0.308 e. The monoisotopic (exact) mass is 318 g/mol. The maximum atomic E-state index is 12.4. The van der Waals surface area contributed by atoms with Crippen molar-refractivity contribution in [1.82, 2.24) is 9.47 Å². The van der Waals surface area contributed by atoms with Crippen LogP contribution in [0.4, 0.5) is 0 Å². The van der Waals surface area contributed by atoms with Gasteiger partial charge in [-0.2, -0.15) is 0 Å². The smallest absolute Gasteiger partial charge is 0.308 e. The van der Waals surface area contributed by atoms with Crippen LogP contribution < -0.4 is 0 Å². The molecule has 0 saturated carbocycles. The number of piperidine rings is 1. The van der Waals surface area contributed by atoms with Crippen molar-refractivity contribution in [3.63, 3.8) is 0 Å². The van der Waals surface area contributed by atoms with Crippen LogP contribution in [0.2, 0.25) is 10.2 Å². The van der Waals surface area contributed by atoms with Gasteiger partial charge in [0, 0.05) is 20.1 Å². The normalized spacial score (nSPS) is 16.3. The molecule has 1 saturated heterocycles. The fourth-order valence-corrected chi connectivity index (χ4v) is 2.77. The Kier molecular flexibility index (Phi) is 4.60. The zero-order chi connectivity index (χ0) is 14.9. The Hall–Kier alpha value is -1.20. The number of hydrogen-bond donors (Lipinski definition) is 0. The zero-order valence-electron chi connectivity index (χ0n) is 11.4. The molecule has 2 heterocycles. The van der Waals surface area contributed by atoms with Gasteiger partial charge in [0.15, 0.2) is 0 Å². The lowest BCUT2D eigenvalue weighted by Crippen LogP contribution is -2.41. The molecule has 0 atom stereocenters. The van der Waals surface area contributed by atoms with Crippen molar-refractivity contribution in [3.05, 3.63) is 21.9 Å². The Morgan fingerprint density at radius 1 is 1.30 bits per heavy atom. The van der Waals surface area contributed by atoms with Crippen molar-refractivity contribution < 1.29 is 14.3 Å². The standard InChI is InChI=1S/C13H16Cl2N2O3/c1-16-10(7-9(14)11(16)15)12(18)17-5-3-8(4-6-17)13(19)20-2/h7-8H,3-6H2,1-2H3. The fourth-order valence-electron chi connectivity index (χ4n) is 2.39. The Balaban J connectivity index is 2.05. The number of halogens is 2. The molecule has 1 amide bonds. The molecule has 0 spiro atoms. The number of ether oxygens (including phenoxy) is 1. The summed E-state index contributed by atoms with van der Waals surface area (Å²) in [7, 11) is 3.08. The summed E-state index contributed by atoms with van der Waals surface area (Å²) in [6.45, 7) is 1.05. The second-order valence-corrected chi connectivity index (χ2v) is 5.58. The summed E-state index contributed by atoms with van der Waals surface area (Å²) in [6.07, 6.45) is 1.23. The third-order valence-electron chi connectivity index (χ3n) is 3.65. The first-order valence-corrected chi connectivity index (χ1v) is 7.09. The van der Waals surface area contributed by atoms with Gasteiger partial charge >= 0.3 is 5.97 Å². The maximum absolute atomic E-state index is 12.4. The number of amides is 1. The molecule has 0 unspecified atom stereocenters. The first-order chi connectivity index (χ1) is 9.45. The molecule has 1 aliphatic rings. The lowest BCUT2D eigenvalue weighted by molar-refractivity contribution is -0.146. The molecule has 5 nitrogen and oxygen atoms in total. The van der Waals surface area contributed by atoms with Gasteiger partial charge in [-0.1, -0.05) is 23.2 Å². The number of carbonyl (C=O) groups is 2. The lowest BCUT2D eigenvalue weighted by Gasteiger charge is -2.30. The summed E-state index contributed by atoms with van der Waals surface area (Å²) in [5.74, 6) is -0.448. The summed E-state index contributed by atoms with van der Waals surface area (Å²) in [5, 5.41) is 0.710. The number of nitrogens with zero attached hydrogens (tertiary/aromatic N) is 2. The topological polar surface area (TPSA) is 51.5 Å². The molecular formula is C13H16Cl2N2O3. The third-order valence-corrected chi connectivity index (χ3v) is 4.49. The predicted octanol–water partition coefficient (Wildman–Crippen LogP) is 2.36. The number of methoxy groups -OCH3 is 1. The van der Waals surface area contributed by atoms with Crippen molar-refractivity contribution in [2.24, 2.45) is 13.0 Å². The minimum Gasteiger partial charge on any atom is -0.469 e. The van der Waals surface area contributed by atoms with E-state index < -0.39 is 0 Å². The molecule has 1 fully saturated rings. The number of carbonyl (C=O) groups excluding carboxylic acids is 2. The van der Waals surface area contributed by atoms with Crippen molar-refractivity contribution >= 4 is 35.1 Å². The first kappa shape index (κ1) is 15.2. The molecule has 7 heteroatoms. The fraction of sp³-hybridized carbons (Fsp3) is 0.538. The quantitative estimate of drug-likeness (QED) is 0.786. The molecule has 0 bridgehead atoms. The van der Waals surface area contributed by atoms with Gasteiger partial charge in [-0.05, 0) is 18.9 Å². The Morgan fingerprint density at radius 3 is 2.35 bits per heavy atom. The van der Waals surface area contributed by atoms with Crippen LogP contribution in [0.25, 0.3) is 0 Å². The highest BCUT2D eigenvalue weighted by atomic mass is 35.5. The van der Waals surface area contributed by atoms with Gasteiger partial charge in [0.1, 0.15) is 10.8 Å². The highest BCUT2D eigenvalue weighted by Crippen LogP contribution is 2.27. The van der Waals surface area contributed by atoms with E-state index in [4.69, 9.17) is 27.9 Å². The van der Waals surface area contributed by atoms with Crippen LogP contribution in [0.3, 0.4) is 0 Å². The third kappa shape index (κ3) is 2.79. The summed E-state index contributed by atoms with van der Waals surface area (Å²) in [4.78, 5) is 25.6. The van der Waals surface area contributed by atoms with Crippen molar-refractivity contribution in [3.8, 4) is 0 Å². The van der Waals surface area contributed by atoms with Crippen LogP contribution in [0.15, 0.2) is 6.07 Å². The van der Waals surface area contributed by atoms with E-state index in [0.29, 0.717) is 41.8 Å².